The molecular weight excluding hydrogens is 382 g/mol. The molecule has 140 valence electrons. The largest absolute Gasteiger partial charge is 0.348 e. The Labute approximate surface area is 155 Å². The molecular formula is C17H18F2N2O3S2. The summed E-state index contributed by atoms with van der Waals surface area (Å²) >= 11 is 0.423. The van der Waals surface area contributed by atoms with E-state index in [2.05, 4.69) is 10.0 Å². The highest BCUT2D eigenvalue weighted by Crippen LogP contribution is 2.25. The number of benzene rings is 2. The van der Waals surface area contributed by atoms with Gasteiger partial charge in [0.05, 0.1) is 5.75 Å². The molecule has 9 heteroatoms. The fourth-order valence-corrected chi connectivity index (χ4v) is 3.39. The zero-order valence-electron chi connectivity index (χ0n) is 13.9. The van der Waals surface area contributed by atoms with Gasteiger partial charge < -0.3 is 5.32 Å². The molecule has 2 rings (SSSR count). The van der Waals surface area contributed by atoms with Crippen molar-refractivity contribution in [1.82, 2.24) is 10.0 Å². The second-order valence-electron chi connectivity index (χ2n) is 5.37. The Morgan fingerprint density at radius 3 is 2.15 bits per heavy atom. The molecule has 0 spiro atoms. The third-order valence-corrected chi connectivity index (χ3v) is 5.54. The summed E-state index contributed by atoms with van der Waals surface area (Å²) in [6.45, 7) is 0.269. The van der Waals surface area contributed by atoms with Gasteiger partial charge in [-0.3, -0.25) is 4.79 Å². The van der Waals surface area contributed by atoms with Crippen molar-refractivity contribution in [1.29, 1.82) is 0 Å². The van der Waals surface area contributed by atoms with Crippen molar-refractivity contribution in [3.05, 3.63) is 65.2 Å². The van der Waals surface area contributed by atoms with Gasteiger partial charge in [-0.1, -0.05) is 36.0 Å². The molecule has 0 atom stereocenters. The number of halogens is 2. The van der Waals surface area contributed by atoms with Crippen LogP contribution in [-0.4, -0.2) is 27.1 Å². The van der Waals surface area contributed by atoms with Crippen LogP contribution in [0.2, 0.25) is 0 Å². The lowest BCUT2D eigenvalue weighted by Gasteiger charge is -2.08. The number of hydrogen-bond donors (Lipinski definition) is 2. The predicted octanol–water partition coefficient (Wildman–Crippen LogP) is 2.98. The third kappa shape index (κ3) is 6.40. The molecule has 0 radical (unpaired) electrons. The quantitative estimate of drug-likeness (QED) is 0.668. The van der Waals surface area contributed by atoms with Crippen molar-refractivity contribution in [2.45, 2.75) is 23.0 Å². The zero-order valence-corrected chi connectivity index (χ0v) is 15.5. The minimum atomic E-state index is -3.33. The van der Waals surface area contributed by atoms with Crippen molar-refractivity contribution in [3.63, 3.8) is 0 Å². The van der Waals surface area contributed by atoms with E-state index >= 15 is 0 Å². The third-order valence-electron chi connectivity index (χ3n) is 3.49. The van der Waals surface area contributed by atoms with Crippen molar-refractivity contribution in [2.75, 3.05) is 7.05 Å². The summed E-state index contributed by atoms with van der Waals surface area (Å²) in [5, 5.41) is 2.73. The van der Waals surface area contributed by atoms with E-state index in [0.717, 1.165) is 5.56 Å². The molecule has 0 unspecified atom stereocenters. The molecule has 0 saturated heterocycles. The minimum absolute atomic E-state index is 0.112. The zero-order chi connectivity index (χ0) is 19.2. The number of alkyl halides is 2. The summed E-state index contributed by atoms with van der Waals surface area (Å²) in [5.41, 5.74) is 1.83. The van der Waals surface area contributed by atoms with Crippen LogP contribution in [0, 0.1) is 0 Å². The summed E-state index contributed by atoms with van der Waals surface area (Å²) in [4.78, 5) is 12.5. The summed E-state index contributed by atoms with van der Waals surface area (Å²) in [7, 11) is -1.97. The van der Waals surface area contributed by atoms with Gasteiger partial charge in [0.1, 0.15) is 0 Å². The maximum atomic E-state index is 12.3. The Balaban J connectivity index is 1.90. The lowest BCUT2D eigenvalue weighted by Crippen LogP contribution is -2.22. The number of thioether (sulfide) groups is 1. The number of amides is 1. The predicted molar refractivity (Wildman–Crippen MR) is 97.6 cm³/mol. The maximum absolute atomic E-state index is 12.3. The minimum Gasteiger partial charge on any atom is -0.348 e. The van der Waals surface area contributed by atoms with Crippen LogP contribution in [0.5, 0.6) is 0 Å². The standard InChI is InChI=1S/C17H18F2N2O3S2/c1-20-26(23,24)11-13-4-2-12(3-5-13)10-21-16(22)14-6-8-15(9-7-14)25-17(18)19/h2-9,17,20H,10-11H2,1H3,(H,21,22). The van der Waals surface area contributed by atoms with E-state index in [1.807, 2.05) is 0 Å². The van der Waals surface area contributed by atoms with Crippen LogP contribution < -0.4 is 10.0 Å². The molecule has 26 heavy (non-hydrogen) atoms. The van der Waals surface area contributed by atoms with Crippen LogP contribution in [-0.2, 0) is 22.3 Å². The highest BCUT2D eigenvalue weighted by molar-refractivity contribution is 7.99. The van der Waals surface area contributed by atoms with Gasteiger partial charge >= 0.3 is 0 Å². The molecule has 2 aromatic rings. The first kappa shape index (κ1) is 20.3. The molecule has 0 aliphatic carbocycles. The Kier molecular flexibility index (Phi) is 7.13. The Morgan fingerprint density at radius 1 is 1.04 bits per heavy atom. The molecule has 0 aliphatic rings. The van der Waals surface area contributed by atoms with Crippen LogP contribution in [0.3, 0.4) is 0 Å². The van der Waals surface area contributed by atoms with Crippen LogP contribution in [0.4, 0.5) is 8.78 Å². The van der Waals surface area contributed by atoms with Crippen molar-refractivity contribution in [3.8, 4) is 0 Å². The van der Waals surface area contributed by atoms with E-state index in [4.69, 9.17) is 0 Å². The normalized spacial score (nSPS) is 11.5. The van der Waals surface area contributed by atoms with E-state index in [-0.39, 0.29) is 18.2 Å². The number of rotatable bonds is 8. The fraction of sp³-hybridized carbons (Fsp3) is 0.235. The number of nitrogens with one attached hydrogen (secondary N) is 2. The molecule has 0 aliphatic heterocycles. The summed E-state index contributed by atoms with van der Waals surface area (Å²) in [6.07, 6.45) is 0. The van der Waals surface area contributed by atoms with Gasteiger partial charge in [0.25, 0.3) is 11.7 Å². The number of sulfonamides is 1. The first-order chi connectivity index (χ1) is 12.3. The van der Waals surface area contributed by atoms with Crippen molar-refractivity contribution >= 4 is 27.7 Å². The van der Waals surface area contributed by atoms with Gasteiger partial charge in [0, 0.05) is 17.0 Å². The molecule has 2 aromatic carbocycles. The topological polar surface area (TPSA) is 75.3 Å². The SMILES string of the molecule is CNS(=O)(=O)Cc1ccc(CNC(=O)c2ccc(SC(F)F)cc2)cc1. The van der Waals surface area contributed by atoms with E-state index in [9.17, 15) is 22.0 Å². The van der Waals surface area contributed by atoms with Crippen LogP contribution in [0.15, 0.2) is 53.4 Å². The second-order valence-corrected chi connectivity index (χ2v) is 8.36. The van der Waals surface area contributed by atoms with Gasteiger partial charge in [-0.25, -0.2) is 13.1 Å². The lowest BCUT2D eigenvalue weighted by atomic mass is 10.1. The Bertz CT molecular complexity index is 839. The molecule has 1 amide bonds. The van der Waals surface area contributed by atoms with Crippen LogP contribution in [0.25, 0.3) is 0 Å². The average Bonchev–Trinajstić information content (AvgIpc) is 2.61. The summed E-state index contributed by atoms with van der Waals surface area (Å²) in [6, 6.07) is 12.8. The maximum Gasteiger partial charge on any atom is 0.288 e. The van der Waals surface area contributed by atoms with Gasteiger partial charge in [-0.2, -0.15) is 8.78 Å². The first-order valence-corrected chi connectivity index (χ1v) is 10.1. The fourth-order valence-electron chi connectivity index (χ4n) is 2.12. The van der Waals surface area contributed by atoms with Gasteiger partial charge in [-0.05, 0) is 42.4 Å². The average molecular weight is 400 g/mol. The van der Waals surface area contributed by atoms with Gasteiger partial charge in [0.2, 0.25) is 10.0 Å². The Hall–Kier alpha value is -1.97. The Morgan fingerprint density at radius 2 is 1.62 bits per heavy atom. The van der Waals surface area contributed by atoms with Crippen LogP contribution in [0.1, 0.15) is 21.5 Å². The van der Waals surface area contributed by atoms with E-state index in [0.29, 0.717) is 27.8 Å². The van der Waals surface area contributed by atoms with Crippen LogP contribution >= 0.6 is 11.8 Å². The molecule has 0 fully saturated rings. The number of hydrogen-bond acceptors (Lipinski definition) is 4. The molecule has 0 saturated carbocycles. The molecule has 2 N–H and O–H groups in total. The summed E-state index contributed by atoms with van der Waals surface area (Å²) in [5.74, 6) is -2.93. The molecule has 0 bridgehead atoms. The van der Waals surface area contributed by atoms with Gasteiger partial charge in [-0.15, -0.1) is 0 Å². The van der Waals surface area contributed by atoms with E-state index < -0.39 is 15.8 Å². The lowest BCUT2D eigenvalue weighted by molar-refractivity contribution is 0.0951. The second kappa shape index (κ2) is 9.11. The smallest absolute Gasteiger partial charge is 0.288 e. The van der Waals surface area contributed by atoms with Crippen molar-refractivity contribution in [2.24, 2.45) is 0 Å². The highest BCUT2D eigenvalue weighted by atomic mass is 32.2. The first-order valence-electron chi connectivity index (χ1n) is 7.61. The molecule has 0 aromatic heterocycles. The molecule has 5 nitrogen and oxygen atoms in total. The highest BCUT2D eigenvalue weighted by Gasteiger charge is 2.10. The molecule has 0 heterocycles. The van der Waals surface area contributed by atoms with E-state index in [1.165, 1.54) is 31.3 Å². The van der Waals surface area contributed by atoms with Gasteiger partial charge in [0.15, 0.2) is 0 Å². The van der Waals surface area contributed by atoms with E-state index in [1.54, 1.807) is 24.3 Å². The monoisotopic (exact) mass is 400 g/mol. The number of carbonyl (C=O) groups excluding carboxylic acids is 1. The summed E-state index contributed by atoms with van der Waals surface area (Å²) < 4.78 is 49.8. The van der Waals surface area contributed by atoms with Crippen molar-refractivity contribution < 1.29 is 22.0 Å². The number of carbonyl (C=O) groups is 1.